The van der Waals surface area contributed by atoms with E-state index < -0.39 is 0 Å². The van der Waals surface area contributed by atoms with Crippen LogP contribution in [0.4, 0.5) is 4.39 Å². The van der Waals surface area contributed by atoms with Crippen LogP contribution in [-0.2, 0) is 13.2 Å². The summed E-state index contributed by atoms with van der Waals surface area (Å²) in [6.45, 7) is 2.40. The number of benzene rings is 1. The maximum Gasteiger partial charge on any atom is 0.123 e. The van der Waals surface area contributed by atoms with Gasteiger partial charge in [-0.15, -0.1) is 5.10 Å². The maximum absolute atomic E-state index is 13.0. The van der Waals surface area contributed by atoms with Crippen molar-refractivity contribution >= 4 is 0 Å². The lowest BCUT2D eigenvalue weighted by atomic mass is 10.1. The quantitative estimate of drug-likeness (QED) is 0.763. The molecule has 0 spiro atoms. The summed E-state index contributed by atoms with van der Waals surface area (Å²) in [6.07, 6.45) is 4.36. The Bertz CT molecular complexity index is 865. The van der Waals surface area contributed by atoms with Crippen molar-refractivity contribution in [3.63, 3.8) is 0 Å². The average molecular weight is 353 g/mol. The van der Waals surface area contributed by atoms with Crippen molar-refractivity contribution in [2.24, 2.45) is 0 Å². The molecule has 4 rings (SSSR count). The highest BCUT2D eigenvalue weighted by Gasteiger charge is 2.28. The minimum absolute atomic E-state index is 0.119. The van der Waals surface area contributed by atoms with Gasteiger partial charge in [0.05, 0.1) is 18.3 Å². The van der Waals surface area contributed by atoms with E-state index in [0.29, 0.717) is 11.4 Å². The highest BCUT2D eigenvalue weighted by Crippen LogP contribution is 2.28. The fourth-order valence-electron chi connectivity index (χ4n) is 3.48. The second-order valence-corrected chi connectivity index (χ2v) is 6.53. The van der Waals surface area contributed by atoms with Gasteiger partial charge in [0.25, 0.3) is 0 Å². The molecular formula is C19H20FN5O. The molecule has 3 aromatic rings. The molecule has 26 heavy (non-hydrogen) atoms. The van der Waals surface area contributed by atoms with E-state index in [0.717, 1.165) is 37.2 Å². The average Bonchev–Trinajstić information content (AvgIpc) is 3.30. The van der Waals surface area contributed by atoms with E-state index in [9.17, 15) is 9.50 Å². The van der Waals surface area contributed by atoms with Gasteiger partial charge in [-0.2, -0.15) is 0 Å². The summed E-state index contributed by atoms with van der Waals surface area (Å²) in [7, 11) is 0. The molecule has 3 heterocycles. The van der Waals surface area contributed by atoms with Crippen molar-refractivity contribution in [1.29, 1.82) is 0 Å². The Hall–Kier alpha value is -2.64. The molecule has 0 saturated carbocycles. The van der Waals surface area contributed by atoms with Crippen LogP contribution in [0.3, 0.4) is 0 Å². The number of rotatable bonds is 5. The number of hydrogen-bond acceptors (Lipinski definition) is 5. The molecule has 1 N–H and O–H groups in total. The van der Waals surface area contributed by atoms with Crippen molar-refractivity contribution < 1.29 is 9.50 Å². The predicted octanol–water partition coefficient (Wildman–Crippen LogP) is 2.42. The Kier molecular flexibility index (Phi) is 4.73. The molecule has 1 aromatic carbocycles. The lowest BCUT2D eigenvalue weighted by Crippen LogP contribution is -2.22. The fourth-order valence-corrected chi connectivity index (χ4v) is 3.48. The number of likely N-dealkylation sites (tertiary alicyclic amines) is 1. The number of aromatic nitrogens is 4. The molecule has 0 amide bonds. The van der Waals surface area contributed by atoms with E-state index in [4.69, 9.17) is 0 Å². The first-order chi connectivity index (χ1) is 12.7. The number of hydrogen-bond donors (Lipinski definition) is 1. The van der Waals surface area contributed by atoms with E-state index in [-0.39, 0.29) is 18.5 Å². The second kappa shape index (κ2) is 7.31. The van der Waals surface area contributed by atoms with Crippen LogP contribution in [0.1, 0.15) is 23.7 Å². The SMILES string of the molecule is OCc1c(-c2cccnc2)nnn1C1CCN(Cc2ccc(F)cc2)C1. The van der Waals surface area contributed by atoms with Crippen LogP contribution < -0.4 is 0 Å². The smallest absolute Gasteiger partial charge is 0.123 e. The Labute approximate surface area is 150 Å². The minimum Gasteiger partial charge on any atom is -0.390 e. The van der Waals surface area contributed by atoms with E-state index >= 15 is 0 Å². The predicted molar refractivity (Wildman–Crippen MR) is 94.5 cm³/mol. The molecule has 6 nitrogen and oxygen atoms in total. The monoisotopic (exact) mass is 353 g/mol. The first-order valence-corrected chi connectivity index (χ1v) is 8.66. The zero-order valence-electron chi connectivity index (χ0n) is 14.3. The van der Waals surface area contributed by atoms with Gasteiger partial charge in [-0.3, -0.25) is 9.88 Å². The van der Waals surface area contributed by atoms with Gasteiger partial charge in [-0.25, -0.2) is 9.07 Å². The van der Waals surface area contributed by atoms with Crippen LogP contribution in [0.15, 0.2) is 48.8 Å². The summed E-state index contributed by atoms with van der Waals surface area (Å²) in [5, 5.41) is 18.4. The minimum atomic E-state index is -0.216. The molecule has 7 heteroatoms. The van der Waals surface area contributed by atoms with Gasteiger partial charge in [0.1, 0.15) is 11.5 Å². The number of pyridine rings is 1. The number of aliphatic hydroxyl groups excluding tert-OH is 1. The van der Waals surface area contributed by atoms with Crippen molar-refractivity contribution in [2.45, 2.75) is 25.6 Å². The molecule has 1 saturated heterocycles. The summed E-state index contributed by atoms with van der Waals surface area (Å²) in [5.41, 5.74) is 3.33. The molecule has 1 unspecified atom stereocenters. The molecule has 1 fully saturated rings. The summed E-state index contributed by atoms with van der Waals surface area (Å²) in [4.78, 5) is 6.42. The van der Waals surface area contributed by atoms with Crippen LogP contribution in [0.5, 0.6) is 0 Å². The molecule has 1 aliphatic rings. The largest absolute Gasteiger partial charge is 0.390 e. The molecule has 1 atom stereocenters. The van der Waals surface area contributed by atoms with Crippen LogP contribution in [0, 0.1) is 5.82 Å². The summed E-state index contributed by atoms with van der Waals surface area (Å²) < 4.78 is 14.9. The van der Waals surface area contributed by atoms with Gasteiger partial charge < -0.3 is 5.11 Å². The number of aliphatic hydroxyl groups is 1. The Morgan fingerprint density at radius 3 is 2.77 bits per heavy atom. The molecule has 1 aliphatic heterocycles. The third-order valence-corrected chi connectivity index (χ3v) is 4.79. The molecule has 0 radical (unpaired) electrons. The van der Waals surface area contributed by atoms with Crippen molar-refractivity contribution in [3.05, 3.63) is 65.9 Å². The normalized spacial score (nSPS) is 17.7. The van der Waals surface area contributed by atoms with E-state index in [1.165, 1.54) is 12.1 Å². The van der Waals surface area contributed by atoms with Crippen molar-refractivity contribution in [2.75, 3.05) is 13.1 Å². The summed E-state index contributed by atoms with van der Waals surface area (Å²) >= 11 is 0. The highest BCUT2D eigenvalue weighted by molar-refractivity contribution is 5.59. The lowest BCUT2D eigenvalue weighted by Gasteiger charge is -2.17. The topological polar surface area (TPSA) is 67.1 Å². The van der Waals surface area contributed by atoms with Gasteiger partial charge >= 0.3 is 0 Å². The van der Waals surface area contributed by atoms with Gasteiger partial charge in [-0.05, 0) is 36.2 Å². The van der Waals surface area contributed by atoms with E-state index in [1.807, 2.05) is 28.9 Å². The second-order valence-electron chi connectivity index (χ2n) is 6.53. The van der Waals surface area contributed by atoms with Gasteiger partial charge in [0.2, 0.25) is 0 Å². The first kappa shape index (κ1) is 16.8. The Morgan fingerprint density at radius 2 is 2.04 bits per heavy atom. The molecular weight excluding hydrogens is 333 g/mol. The van der Waals surface area contributed by atoms with E-state index in [1.54, 1.807) is 12.4 Å². The fraction of sp³-hybridized carbons (Fsp3) is 0.316. The third kappa shape index (κ3) is 3.36. The Balaban J connectivity index is 1.50. The van der Waals surface area contributed by atoms with Crippen molar-refractivity contribution in [1.82, 2.24) is 24.9 Å². The number of halogens is 1. The van der Waals surface area contributed by atoms with Crippen LogP contribution in [0.2, 0.25) is 0 Å². The van der Waals surface area contributed by atoms with Crippen LogP contribution in [-0.4, -0.2) is 43.1 Å². The lowest BCUT2D eigenvalue weighted by molar-refractivity contribution is 0.257. The maximum atomic E-state index is 13.0. The van der Waals surface area contributed by atoms with Gasteiger partial charge in [-0.1, -0.05) is 17.3 Å². The Morgan fingerprint density at radius 1 is 1.19 bits per heavy atom. The zero-order chi connectivity index (χ0) is 17.9. The molecule has 134 valence electrons. The highest BCUT2D eigenvalue weighted by atomic mass is 19.1. The molecule has 2 aromatic heterocycles. The van der Waals surface area contributed by atoms with Crippen LogP contribution >= 0.6 is 0 Å². The van der Waals surface area contributed by atoms with Gasteiger partial charge in [0, 0.05) is 37.6 Å². The summed E-state index contributed by atoms with van der Waals surface area (Å²) in [5.74, 6) is -0.216. The number of nitrogens with zero attached hydrogens (tertiary/aromatic N) is 5. The molecule has 0 aliphatic carbocycles. The summed E-state index contributed by atoms with van der Waals surface area (Å²) in [6, 6.07) is 10.5. The first-order valence-electron chi connectivity index (χ1n) is 8.66. The van der Waals surface area contributed by atoms with Crippen LogP contribution in [0.25, 0.3) is 11.3 Å². The van der Waals surface area contributed by atoms with E-state index in [2.05, 4.69) is 20.2 Å². The molecule has 0 bridgehead atoms. The van der Waals surface area contributed by atoms with Crippen molar-refractivity contribution in [3.8, 4) is 11.3 Å². The van der Waals surface area contributed by atoms with Gasteiger partial charge in [0.15, 0.2) is 0 Å². The zero-order valence-corrected chi connectivity index (χ0v) is 14.3. The standard InChI is InChI=1S/C19H20FN5O/c20-16-5-3-14(4-6-16)11-24-9-7-17(12-24)25-18(13-26)19(22-23-25)15-2-1-8-21-10-15/h1-6,8,10,17,26H,7,9,11-13H2. The third-order valence-electron chi connectivity index (χ3n) is 4.79.